The van der Waals surface area contributed by atoms with Crippen molar-refractivity contribution in [1.29, 1.82) is 0 Å². The van der Waals surface area contributed by atoms with Crippen LogP contribution in [0.25, 0.3) is 0 Å². The number of esters is 1. The Labute approximate surface area is 88.7 Å². The fourth-order valence-corrected chi connectivity index (χ4v) is 1.01. The SMILES string of the molecule is CCCCOC(=O)c1nc(C)cnc1N. The normalized spacial score (nSPS) is 10.0. The van der Waals surface area contributed by atoms with E-state index < -0.39 is 5.97 Å². The molecule has 1 aromatic rings. The summed E-state index contributed by atoms with van der Waals surface area (Å²) in [5.41, 5.74) is 6.27. The molecule has 0 unspecified atom stereocenters. The van der Waals surface area contributed by atoms with Crippen LogP contribution >= 0.6 is 0 Å². The number of nitrogen functional groups attached to an aromatic ring is 1. The fraction of sp³-hybridized carbons (Fsp3) is 0.500. The van der Waals surface area contributed by atoms with Gasteiger partial charge in [0.05, 0.1) is 18.5 Å². The summed E-state index contributed by atoms with van der Waals surface area (Å²) in [4.78, 5) is 19.3. The van der Waals surface area contributed by atoms with Crippen molar-refractivity contribution in [2.75, 3.05) is 12.3 Å². The third-order valence-electron chi connectivity index (χ3n) is 1.85. The number of rotatable bonds is 4. The highest BCUT2D eigenvalue weighted by Crippen LogP contribution is 2.07. The molecule has 0 aromatic carbocycles. The quantitative estimate of drug-likeness (QED) is 0.597. The Morgan fingerprint density at radius 2 is 2.33 bits per heavy atom. The van der Waals surface area contributed by atoms with Gasteiger partial charge in [-0.1, -0.05) is 13.3 Å². The number of carbonyl (C=O) groups is 1. The number of hydrogen-bond donors (Lipinski definition) is 1. The molecular weight excluding hydrogens is 194 g/mol. The van der Waals surface area contributed by atoms with Gasteiger partial charge in [0.1, 0.15) is 0 Å². The largest absolute Gasteiger partial charge is 0.461 e. The molecule has 1 rings (SSSR count). The average molecular weight is 209 g/mol. The Kier molecular flexibility index (Phi) is 4.03. The van der Waals surface area contributed by atoms with Crippen LogP contribution in [0.5, 0.6) is 0 Å². The van der Waals surface area contributed by atoms with Crippen molar-refractivity contribution < 1.29 is 9.53 Å². The third kappa shape index (κ3) is 3.19. The lowest BCUT2D eigenvalue weighted by Crippen LogP contribution is -2.13. The van der Waals surface area contributed by atoms with Crippen LogP contribution in [0.15, 0.2) is 6.20 Å². The Bertz CT molecular complexity index is 353. The molecule has 5 nitrogen and oxygen atoms in total. The number of carbonyl (C=O) groups excluding carboxylic acids is 1. The maximum Gasteiger partial charge on any atom is 0.360 e. The fourth-order valence-electron chi connectivity index (χ4n) is 1.01. The number of nitrogens with zero attached hydrogens (tertiary/aromatic N) is 2. The van der Waals surface area contributed by atoms with Crippen molar-refractivity contribution in [3.63, 3.8) is 0 Å². The lowest BCUT2D eigenvalue weighted by Gasteiger charge is -2.05. The lowest BCUT2D eigenvalue weighted by molar-refractivity contribution is 0.0493. The molecule has 0 spiro atoms. The van der Waals surface area contributed by atoms with Crippen LogP contribution in [0.3, 0.4) is 0 Å². The highest BCUT2D eigenvalue weighted by Gasteiger charge is 2.13. The van der Waals surface area contributed by atoms with Crippen molar-refractivity contribution in [3.8, 4) is 0 Å². The van der Waals surface area contributed by atoms with Crippen LogP contribution in [0.1, 0.15) is 35.9 Å². The minimum Gasteiger partial charge on any atom is -0.461 e. The molecule has 0 saturated carbocycles. The van der Waals surface area contributed by atoms with Crippen molar-refractivity contribution in [3.05, 3.63) is 17.6 Å². The van der Waals surface area contributed by atoms with E-state index in [2.05, 4.69) is 9.97 Å². The van der Waals surface area contributed by atoms with Gasteiger partial charge in [0.2, 0.25) is 0 Å². The van der Waals surface area contributed by atoms with E-state index in [9.17, 15) is 4.79 Å². The molecule has 2 N–H and O–H groups in total. The summed E-state index contributed by atoms with van der Waals surface area (Å²) >= 11 is 0. The van der Waals surface area contributed by atoms with E-state index in [4.69, 9.17) is 10.5 Å². The van der Waals surface area contributed by atoms with Gasteiger partial charge in [-0.2, -0.15) is 0 Å². The summed E-state index contributed by atoms with van der Waals surface area (Å²) in [6.07, 6.45) is 3.32. The first-order chi connectivity index (χ1) is 7.15. The molecule has 0 amide bonds. The molecule has 5 heteroatoms. The second-order valence-corrected chi connectivity index (χ2v) is 3.23. The minimum absolute atomic E-state index is 0.103. The zero-order valence-electron chi connectivity index (χ0n) is 8.99. The summed E-state index contributed by atoms with van der Waals surface area (Å²) < 4.78 is 4.98. The topological polar surface area (TPSA) is 78.1 Å². The summed E-state index contributed by atoms with van der Waals surface area (Å²) in [6.45, 7) is 4.16. The second kappa shape index (κ2) is 5.29. The first-order valence-corrected chi connectivity index (χ1v) is 4.91. The number of unbranched alkanes of at least 4 members (excludes halogenated alkanes) is 1. The van der Waals surface area contributed by atoms with Crippen molar-refractivity contribution >= 4 is 11.8 Å². The van der Waals surface area contributed by atoms with Crippen molar-refractivity contribution in [2.45, 2.75) is 26.7 Å². The van der Waals surface area contributed by atoms with E-state index in [0.29, 0.717) is 12.3 Å². The Hall–Kier alpha value is -1.65. The zero-order chi connectivity index (χ0) is 11.3. The molecule has 1 aromatic heterocycles. The molecule has 0 aliphatic carbocycles. The van der Waals surface area contributed by atoms with Gasteiger partial charge in [-0.05, 0) is 13.3 Å². The molecular formula is C10H15N3O2. The number of ether oxygens (including phenoxy) is 1. The van der Waals surface area contributed by atoms with Gasteiger partial charge in [0, 0.05) is 0 Å². The first-order valence-electron chi connectivity index (χ1n) is 4.91. The molecule has 0 saturated heterocycles. The summed E-state index contributed by atoms with van der Waals surface area (Å²) in [5.74, 6) is -0.390. The zero-order valence-corrected chi connectivity index (χ0v) is 8.99. The lowest BCUT2D eigenvalue weighted by atomic mass is 10.3. The molecule has 0 aliphatic rings. The van der Waals surface area contributed by atoms with E-state index in [-0.39, 0.29) is 11.5 Å². The van der Waals surface area contributed by atoms with Crippen LogP contribution in [0.2, 0.25) is 0 Å². The number of anilines is 1. The number of aromatic nitrogens is 2. The molecule has 0 bridgehead atoms. The van der Waals surface area contributed by atoms with E-state index in [1.807, 2.05) is 6.92 Å². The van der Waals surface area contributed by atoms with Gasteiger partial charge in [0.25, 0.3) is 0 Å². The standard InChI is InChI=1S/C10H15N3O2/c1-3-4-5-15-10(14)8-9(11)12-6-7(2)13-8/h6H,3-5H2,1-2H3,(H2,11,12). The number of hydrogen-bond acceptors (Lipinski definition) is 5. The summed E-state index contributed by atoms with van der Waals surface area (Å²) in [7, 11) is 0. The first kappa shape index (κ1) is 11.4. The van der Waals surface area contributed by atoms with Crippen LogP contribution in [-0.2, 0) is 4.74 Å². The highest BCUT2D eigenvalue weighted by molar-refractivity contribution is 5.91. The summed E-state index contributed by atoms with van der Waals surface area (Å²) in [5, 5.41) is 0. The molecule has 0 atom stereocenters. The highest BCUT2D eigenvalue weighted by atomic mass is 16.5. The third-order valence-corrected chi connectivity index (χ3v) is 1.85. The van der Waals surface area contributed by atoms with Gasteiger partial charge >= 0.3 is 5.97 Å². The molecule has 82 valence electrons. The van der Waals surface area contributed by atoms with E-state index in [0.717, 1.165) is 12.8 Å². The predicted molar refractivity (Wildman–Crippen MR) is 56.4 cm³/mol. The Morgan fingerprint density at radius 1 is 1.60 bits per heavy atom. The monoisotopic (exact) mass is 209 g/mol. The van der Waals surface area contributed by atoms with Gasteiger partial charge < -0.3 is 10.5 Å². The van der Waals surface area contributed by atoms with Crippen LogP contribution < -0.4 is 5.73 Å². The summed E-state index contributed by atoms with van der Waals surface area (Å²) in [6, 6.07) is 0. The van der Waals surface area contributed by atoms with Gasteiger partial charge in [-0.15, -0.1) is 0 Å². The molecule has 0 fully saturated rings. The molecule has 0 radical (unpaired) electrons. The molecule has 0 aliphatic heterocycles. The number of nitrogens with two attached hydrogens (primary N) is 1. The Balaban J connectivity index is 2.68. The molecule has 15 heavy (non-hydrogen) atoms. The van der Waals surface area contributed by atoms with Crippen molar-refractivity contribution in [1.82, 2.24) is 9.97 Å². The number of aryl methyl sites for hydroxylation is 1. The van der Waals surface area contributed by atoms with Crippen LogP contribution in [-0.4, -0.2) is 22.5 Å². The van der Waals surface area contributed by atoms with Gasteiger partial charge in [0.15, 0.2) is 11.5 Å². The second-order valence-electron chi connectivity index (χ2n) is 3.23. The van der Waals surface area contributed by atoms with Gasteiger partial charge in [-0.3, -0.25) is 0 Å². The van der Waals surface area contributed by atoms with Gasteiger partial charge in [-0.25, -0.2) is 14.8 Å². The van der Waals surface area contributed by atoms with E-state index in [1.54, 1.807) is 6.92 Å². The average Bonchev–Trinajstić information content (AvgIpc) is 2.22. The van der Waals surface area contributed by atoms with Crippen LogP contribution in [0, 0.1) is 6.92 Å². The van der Waals surface area contributed by atoms with E-state index >= 15 is 0 Å². The maximum atomic E-state index is 11.5. The van der Waals surface area contributed by atoms with E-state index in [1.165, 1.54) is 6.20 Å². The predicted octanol–water partition coefficient (Wildman–Crippen LogP) is 1.32. The van der Waals surface area contributed by atoms with Crippen molar-refractivity contribution in [2.24, 2.45) is 0 Å². The minimum atomic E-state index is -0.503. The van der Waals surface area contributed by atoms with Crippen LogP contribution in [0.4, 0.5) is 5.82 Å². The smallest absolute Gasteiger partial charge is 0.360 e. The maximum absolute atomic E-state index is 11.5. The Morgan fingerprint density at radius 3 is 3.00 bits per heavy atom. The molecule has 1 heterocycles.